The van der Waals surface area contributed by atoms with Gasteiger partial charge in [0.25, 0.3) is 5.91 Å². The molecule has 3 aliphatic heterocycles. The highest BCUT2D eigenvalue weighted by Gasteiger charge is 2.55. The minimum Gasteiger partial charge on any atom is -0.493 e. The predicted octanol–water partition coefficient (Wildman–Crippen LogP) is 2.51. The second-order valence-electron chi connectivity index (χ2n) is 8.41. The average Bonchev–Trinajstić information content (AvgIpc) is 2.93. The molecule has 0 aliphatic carbocycles. The smallest absolute Gasteiger partial charge is 0.325 e. The van der Waals surface area contributed by atoms with Crippen LogP contribution in [0.4, 0.5) is 4.79 Å². The predicted molar refractivity (Wildman–Crippen MR) is 115 cm³/mol. The first-order valence-electron chi connectivity index (χ1n) is 10.9. The lowest BCUT2D eigenvalue weighted by Gasteiger charge is -2.33. The molecule has 7 heteroatoms. The van der Waals surface area contributed by atoms with Crippen LogP contribution in [0.2, 0.25) is 0 Å². The minimum atomic E-state index is -1.04. The van der Waals surface area contributed by atoms with Gasteiger partial charge in [0.05, 0.1) is 19.3 Å². The molecule has 2 aromatic rings. The molecule has 0 saturated carbocycles. The fourth-order valence-corrected chi connectivity index (χ4v) is 4.81. The zero-order chi connectivity index (χ0) is 21.3. The first-order chi connectivity index (χ1) is 15.2. The Morgan fingerprint density at radius 3 is 2.71 bits per heavy atom. The van der Waals surface area contributed by atoms with E-state index in [-0.39, 0.29) is 24.6 Å². The SMILES string of the molecule is O=C1N[C@@]2(CCOc3ccccc32)C(=O)N1C[C@H]1CN(Cc2ccccc2)CCCO1. The van der Waals surface area contributed by atoms with E-state index in [1.165, 1.54) is 10.5 Å². The molecule has 5 rings (SSSR count). The van der Waals surface area contributed by atoms with Gasteiger partial charge in [-0.3, -0.25) is 14.6 Å². The van der Waals surface area contributed by atoms with Crippen molar-refractivity contribution < 1.29 is 19.1 Å². The molecule has 2 fully saturated rings. The summed E-state index contributed by atoms with van der Waals surface area (Å²) in [5, 5.41) is 2.97. The van der Waals surface area contributed by atoms with Gasteiger partial charge in [0.2, 0.25) is 0 Å². The molecule has 1 N–H and O–H groups in total. The summed E-state index contributed by atoms with van der Waals surface area (Å²) in [6, 6.07) is 17.4. The highest BCUT2D eigenvalue weighted by atomic mass is 16.5. The van der Waals surface area contributed by atoms with E-state index in [0.29, 0.717) is 31.9 Å². The number of nitrogens with one attached hydrogen (secondary N) is 1. The molecule has 7 nitrogen and oxygen atoms in total. The van der Waals surface area contributed by atoms with Crippen LogP contribution < -0.4 is 10.1 Å². The van der Waals surface area contributed by atoms with Crippen LogP contribution in [-0.2, 0) is 21.6 Å². The Morgan fingerprint density at radius 2 is 1.84 bits per heavy atom. The Morgan fingerprint density at radius 1 is 1.03 bits per heavy atom. The van der Waals surface area contributed by atoms with E-state index < -0.39 is 5.54 Å². The topological polar surface area (TPSA) is 71.1 Å². The quantitative estimate of drug-likeness (QED) is 0.769. The summed E-state index contributed by atoms with van der Waals surface area (Å²) in [4.78, 5) is 30.1. The van der Waals surface area contributed by atoms with Gasteiger partial charge in [-0.25, -0.2) is 4.79 Å². The van der Waals surface area contributed by atoms with E-state index in [9.17, 15) is 9.59 Å². The van der Waals surface area contributed by atoms with Crippen molar-refractivity contribution in [2.24, 2.45) is 0 Å². The van der Waals surface area contributed by atoms with Gasteiger partial charge in [-0.1, -0.05) is 48.5 Å². The molecule has 2 atom stereocenters. The Labute approximate surface area is 181 Å². The Hall–Kier alpha value is -2.90. The third-order valence-electron chi connectivity index (χ3n) is 6.33. The first-order valence-corrected chi connectivity index (χ1v) is 10.9. The molecule has 0 bridgehead atoms. The van der Waals surface area contributed by atoms with Gasteiger partial charge in [-0.2, -0.15) is 0 Å². The number of carbonyl (C=O) groups excluding carboxylic acids is 2. The maximum atomic E-state index is 13.5. The number of hydrogen-bond acceptors (Lipinski definition) is 5. The Kier molecular flexibility index (Phi) is 5.38. The van der Waals surface area contributed by atoms with Gasteiger partial charge in [-0.05, 0) is 18.1 Å². The van der Waals surface area contributed by atoms with Crippen molar-refractivity contribution in [3.05, 3.63) is 65.7 Å². The molecule has 3 amide bonds. The fraction of sp³-hybridized carbons (Fsp3) is 0.417. The Balaban J connectivity index is 1.32. The van der Waals surface area contributed by atoms with E-state index in [2.05, 4.69) is 22.3 Å². The summed E-state index contributed by atoms with van der Waals surface area (Å²) in [6.07, 6.45) is 1.14. The second kappa shape index (κ2) is 8.32. The van der Waals surface area contributed by atoms with Crippen molar-refractivity contribution >= 4 is 11.9 Å². The monoisotopic (exact) mass is 421 g/mol. The van der Waals surface area contributed by atoms with Crippen LogP contribution >= 0.6 is 0 Å². The first kappa shape index (κ1) is 20.0. The van der Waals surface area contributed by atoms with Gasteiger partial charge < -0.3 is 14.8 Å². The maximum Gasteiger partial charge on any atom is 0.325 e. The zero-order valence-electron chi connectivity index (χ0n) is 17.5. The summed E-state index contributed by atoms with van der Waals surface area (Å²) in [5.41, 5.74) is 0.936. The standard InChI is InChI=1S/C24H27N3O4/c28-22-24(11-14-31-21-10-5-4-9-20(21)24)25-23(29)27(22)17-19-16-26(12-6-13-30-19)15-18-7-2-1-3-8-18/h1-5,7-10,19H,6,11-17H2,(H,25,29)/t19-,24-/m1/s1. The van der Waals surface area contributed by atoms with Crippen LogP contribution in [0.25, 0.3) is 0 Å². The Bertz CT molecular complexity index is 966. The van der Waals surface area contributed by atoms with E-state index in [4.69, 9.17) is 9.47 Å². The molecule has 2 saturated heterocycles. The van der Waals surface area contributed by atoms with Gasteiger partial charge in [0.15, 0.2) is 5.54 Å². The highest BCUT2D eigenvalue weighted by molar-refractivity contribution is 6.08. The van der Waals surface area contributed by atoms with Crippen molar-refractivity contribution in [3.8, 4) is 5.75 Å². The number of rotatable bonds is 4. The van der Waals surface area contributed by atoms with Crippen molar-refractivity contribution in [1.82, 2.24) is 15.1 Å². The molecule has 31 heavy (non-hydrogen) atoms. The summed E-state index contributed by atoms with van der Waals surface area (Å²) in [5.74, 6) is 0.444. The van der Waals surface area contributed by atoms with Gasteiger partial charge in [-0.15, -0.1) is 0 Å². The molecule has 1 spiro atoms. The lowest BCUT2D eigenvalue weighted by Crippen LogP contribution is -2.48. The second-order valence-corrected chi connectivity index (χ2v) is 8.41. The number of hydrogen-bond donors (Lipinski definition) is 1. The van der Waals surface area contributed by atoms with Crippen LogP contribution in [0.5, 0.6) is 5.75 Å². The highest BCUT2D eigenvalue weighted by Crippen LogP contribution is 2.41. The number of para-hydroxylation sites is 1. The maximum absolute atomic E-state index is 13.5. The molecule has 2 aromatic carbocycles. The molecule has 0 aromatic heterocycles. The van der Waals surface area contributed by atoms with Crippen LogP contribution in [-0.4, -0.2) is 60.7 Å². The average molecular weight is 421 g/mol. The van der Waals surface area contributed by atoms with E-state index in [1.54, 1.807) is 0 Å². The lowest BCUT2D eigenvalue weighted by molar-refractivity contribution is -0.134. The van der Waals surface area contributed by atoms with Crippen molar-refractivity contribution in [2.45, 2.75) is 31.0 Å². The number of fused-ring (bicyclic) bond motifs is 2. The number of carbonyl (C=O) groups is 2. The molecular weight excluding hydrogens is 394 g/mol. The summed E-state index contributed by atoms with van der Waals surface area (Å²) >= 11 is 0. The summed E-state index contributed by atoms with van der Waals surface area (Å²) < 4.78 is 11.7. The van der Waals surface area contributed by atoms with Gasteiger partial charge in [0.1, 0.15) is 5.75 Å². The van der Waals surface area contributed by atoms with E-state index in [0.717, 1.165) is 25.1 Å². The molecule has 3 heterocycles. The number of benzene rings is 2. The van der Waals surface area contributed by atoms with E-state index in [1.807, 2.05) is 42.5 Å². The molecule has 0 unspecified atom stereocenters. The largest absolute Gasteiger partial charge is 0.493 e. The van der Waals surface area contributed by atoms with Gasteiger partial charge >= 0.3 is 6.03 Å². The molecule has 0 radical (unpaired) electrons. The van der Waals surface area contributed by atoms with Gasteiger partial charge in [0, 0.05) is 38.2 Å². The molecular formula is C24H27N3O4. The number of urea groups is 1. The summed E-state index contributed by atoms with van der Waals surface area (Å²) in [6.45, 7) is 3.71. The lowest BCUT2D eigenvalue weighted by atomic mass is 9.84. The molecule has 3 aliphatic rings. The van der Waals surface area contributed by atoms with E-state index >= 15 is 0 Å². The van der Waals surface area contributed by atoms with Crippen LogP contribution in [0.1, 0.15) is 24.0 Å². The van der Waals surface area contributed by atoms with Crippen molar-refractivity contribution in [1.29, 1.82) is 0 Å². The number of imide groups is 1. The van der Waals surface area contributed by atoms with Crippen molar-refractivity contribution in [2.75, 3.05) is 32.8 Å². The zero-order valence-corrected chi connectivity index (χ0v) is 17.5. The number of ether oxygens (including phenoxy) is 2. The number of nitrogens with zero attached hydrogens (tertiary/aromatic N) is 2. The minimum absolute atomic E-state index is 0.212. The van der Waals surface area contributed by atoms with Crippen LogP contribution in [0, 0.1) is 0 Å². The molecule has 162 valence electrons. The van der Waals surface area contributed by atoms with Crippen LogP contribution in [0.3, 0.4) is 0 Å². The number of amides is 3. The third-order valence-corrected chi connectivity index (χ3v) is 6.33. The fourth-order valence-electron chi connectivity index (χ4n) is 4.81. The van der Waals surface area contributed by atoms with Crippen LogP contribution in [0.15, 0.2) is 54.6 Å². The third kappa shape index (κ3) is 3.79. The summed E-state index contributed by atoms with van der Waals surface area (Å²) in [7, 11) is 0. The normalized spacial score (nSPS) is 26.3. The van der Waals surface area contributed by atoms with Crippen molar-refractivity contribution in [3.63, 3.8) is 0 Å².